The quantitative estimate of drug-likeness (QED) is 0.610. The molecule has 0 radical (unpaired) electrons. The number of hydrogen-bond acceptors (Lipinski definition) is 1. The third-order valence-corrected chi connectivity index (χ3v) is 3.72. The fraction of sp³-hybridized carbons (Fsp3) is 0.286. The standard InChI is InChI=1S/C12H10S.2CH3.Hf/c1-8-7-10-6-5-9-3-2-4-11(9)12(10)13-8;;;/h2-8H,1H3;2*1H3;. The Morgan fingerprint density at radius 3 is 2.62 bits per heavy atom. The van der Waals surface area contributed by atoms with Crippen molar-refractivity contribution in [2.75, 3.05) is 0 Å². The second kappa shape index (κ2) is 5.50. The zero-order valence-electron chi connectivity index (χ0n) is 9.95. The molecule has 0 aromatic heterocycles. The molecule has 1 aromatic rings. The molecule has 0 nitrogen and oxygen atoms in total. The summed E-state index contributed by atoms with van der Waals surface area (Å²) < 4.78 is 4.64. The van der Waals surface area contributed by atoms with Crippen LogP contribution in [0.1, 0.15) is 12.5 Å². The summed E-state index contributed by atoms with van der Waals surface area (Å²) >= 11 is 2.05. The summed E-state index contributed by atoms with van der Waals surface area (Å²) in [5.74, 6) is 0. The van der Waals surface area contributed by atoms with E-state index in [-0.39, 0.29) is 22.9 Å². The fourth-order valence-corrected chi connectivity index (χ4v) is 3.10. The van der Waals surface area contributed by atoms with E-state index in [1.54, 1.807) is 0 Å². The van der Waals surface area contributed by atoms with Crippen LogP contribution < -0.4 is 10.4 Å². The summed E-state index contributed by atoms with van der Waals surface area (Å²) in [7, 11) is 0. The first-order chi connectivity index (χ1) is 7.76. The molecule has 1 aromatic carbocycles. The number of fused-ring (bicyclic) bond motifs is 3. The van der Waals surface area contributed by atoms with E-state index in [9.17, 15) is 0 Å². The van der Waals surface area contributed by atoms with Gasteiger partial charge in [-0.15, -0.1) is 11.8 Å². The predicted molar refractivity (Wildman–Crippen MR) is 70.7 cm³/mol. The maximum absolute atomic E-state index is 2.34. The zero-order valence-corrected chi connectivity index (χ0v) is 14.4. The summed E-state index contributed by atoms with van der Waals surface area (Å²) in [6.07, 6.45) is 8.87. The Balaban J connectivity index is 0.000000292. The molecule has 1 aliphatic carbocycles. The second-order valence-corrected chi connectivity index (χ2v) is 8.98. The van der Waals surface area contributed by atoms with Crippen LogP contribution in [0.15, 0.2) is 23.1 Å². The molecule has 2 heteroatoms. The molecule has 1 unspecified atom stereocenters. The van der Waals surface area contributed by atoms with E-state index in [0.29, 0.717) is 5.25 Å². The Kier molecular flexibility index (Phi) is 4.26. The molecule has 0 N–H and O–H groups in total. The van der Waals surface area contributed by atoms with Crippen molar-refractivity contribution in [2.45, 2.75) is 26.4 Å². The molecule has 0 amide bonds. The van der Waals surface area contributed by atoms with Crippen molar-refractivity contribution >= 4 is 30.0 Å². The van der Waals surface area contributed by atoms with Gasteiger partial charge in [-0.25, -0.2) is 0 Å². The normalized spacial score (nSPS) is 18.8. The van der Waals surface area contributed by atoms with E-state index in [1.165, 1.54) is 20.9 Å². The molecular formula is C14H16HfS. The van der Waals surface area contributed by atoms with E-state index < -0.39 is 0 Å². The van der Waals surface area contributed by atoms with Crippen molar-refractivity contribution in [3.63, 3.8) is 0 Å². The van der Waals surface area contributed by atoms with Gasteiger partial charge < -0.3 is 0 Å². The van der Waals surface area contributed by atoms with Gasteiger partial charge in [-0.2, -0.15) is 0 Å². The molecular weight excluding hydrogens is 379 g/mol. The number of rotatable bonds is 0. The summed E-state index contributed by atoms with van der Waals surface area (Å²) in [6.45, 7) is 2.25. The summed E-state index contributed by atoms with van der Waals surface area (Å²) in [5, 5.41) is 3.42. The van der Waals surface area contributed by atoms with Crippen LogP contribution in [0.5, 0.6) is 0 Å². The van der Waals surface area contributed by atoms with Crippen molar-refractivity contribution in [3.8, 4) is 0 Å². The van der Waals surface area contributed by atoms with Gasteiger partial charge in [0, 0.05) is 10.1 Å². The van der Waals surface area contributed by atoms with Gasteiger partial charge in [0.25, 0.3) is 0 Å². The summed E-state index contributed by atoms with van der Waals surface area (Å²) in [4.78, 5) is 1.47. The first-order valence-electron chi connectivity index (χ1n) is 5.54. The Morgan fingerprint density at radius 2 is 1.88 bits per heavy atom. The van der Waals surface area contributed by atoms with Gasteiger partial charge in [-0.05, 0) is 22.9 Å². The molecule has 16 heavy (non-hydrogen) atoms. The molecule has 0 fully saturated rings. The van der Waals surface area contributed by atoms with Crippen LogP contribution in [0.4, 0.5) is 0 Å². The van der Waals surface area contributed by atoms with E-state index in [0.717, 1.165) is 0 Å². The van der Waals surface area contributed by atoms with E-state index >= 15 is 0 Å². The van der Waals surface area contributed by atoms with Crippen LogP contribution in [-0.4, -0.2) is 5.25 Å². The Labute approximate surface area is 113 Å². The number of allylic oxidation sites excluding steroid dienone is 1. The van der Waals surface area contributed by atoms with E-state index in [1.807, 2.05) is 11.8 Å². The number of hydrogen-bond donors (Lipinski definition) is 0. The Hall–Kier alpha value is -0.0799. The molecule has 82 valence electrons. The van der Waals surface area contributed by atoms with Crippen LogP contribution in [0.2, 0.25) is 9.36 Å². The third kappa shape index (κ3) is 2.43. The van der Waals surface area contributed by atoms with Crippen LogP contribution in [0.3, 0.4) is 0 Å². The SMILES string of the molecule is CC1C=c2ccc3c(c2S1)C=CC=3.[CH3][Hf][CH3]. The zero-order chi connectivity index (χ0) is 11.5. The van der Waals surface area contributed by atoms with Gasteiger partial charge in [0.05, 0.1) is 0 Å². The monoisotopic (exact) mass is 396 g/mol. The second-order valence-electron chi connectivity index (χ2n) is 4.00. The molecule has 1 atom stereocenters. The average molecular weight is 395 g/mol. The maximum atomic E-state index is 2.34. The minimum absolute atomic E-state index is 0.0833. The van der Waals surface area contributed by atoms with Crippen LogP contribution >= 0.6 is 11.8 Å². The van der Waals surface area contributed by atoms with E-state index in [2.05, 4.69) is 52.7 Å². The number of benzene rings is 1. The molecule has 3 rings (SSSR count). The van der Waals surface area contributed by atoms with Crippen molar-refractivity contribution in [1.29, 1.82) is 0 Å². The van der Waals surface area contributed by atoms with Gasteiger partial charge in [0.15, 0.2) is 0 Å². The predicted octanol–water partition coefficient (Wildman–Crippen LogP) is 2.93. The molecule has 1 aliphatic heterocycles. The average Bonchev–Trinajstić information content (AvgIpc) is 2.81. The molecule has 1 heterocycles. The van der Waals surface area contributed by atoms with Crippen molar-refractivity contribution in [1.82, 2.24) is 0 Å². The first-order valence-corrected chi connectivity index (χ1v) is 13.6. The summed E-state index contributed by atoms with van der Waals surface area (Å²) in [5.41, 5.74) is 1.42. The van der Waals surface area contributed by atoms with Crippen molar-refractivity contribution < 1.29 is 22.9 Å². The fourth-order valence-electron chi connectivity index (χ4n) is 1.93. The summed E-state index contributed by atoms with van der Waals surface area (Å²) in [6, 6.07) is 4.44. The number of thioether (sulfide) groups is 1. The molecule has 0 spiro atoms. The van der Waals surface area contributed by atoms with Crippen LogP contribution in [-0.2, 0) is 22.9 Å². The Bertz CT molecular complexity index is 528. The Morgan fingerprint density at radius 1 is 1.19 bits per heavy atom. The molecule has 2 aliphatic rings. The van der Waals surface area contributed by atoms with Gasteiger partial charge in [0.2, 0.25) is 0 Å². The molecule has 0 saturated carbocycles. The van der Waals surface area contributed by atoms with Crippen LogP contribution in [0, 0.1) is 0 Å². The molecule has 0 saturated heterocycles. The van der Waals surface area contributed by atoms with Gasteiger partial charge in [0.1, 0.15) is 0 Å². The minimum atomic E-state index is 0.0833. The van der Waals surface area contributed by atoms with Gasteiger partial charge in [-0.1, -0.05) is 36.4 Å². The van der Waals surface area contributed by atoms with Gasteiger partial charge >= 0.3 is 32.3 Å². The van der Waals surface area contributed by atoms with Crippen LogP contribution in [0.25, 0.3) is 18.2 Å². The molecule has 0 bridgehead atoms. The first kappa shape index (κ1) is 12.4. The third-order valence-electron chi connectivity index (χ3n) is 2.52. The van der Waals surface area contributed by atoms with Crippen molar-refractivity contribution in [3.05, 3.63) is 34.2 Å². The topological polar surface area (TPSA) is 0 Å². The van der Waals surface area contributed by atoms with E-state index in [4.69, 9.17) is 0 Å². The van der Waals surface area contributed by atoms with Crippen molar-refractivity contribution in [2.24, 2.45) is 0 Å². The van der Waals surface area contributed by atoms with Gasteiger partial charge in [-0.3, -0.25) is 0 Å².